The third kappa shape index (κ3) is 3.46. The fraction of sp³-hybridized carbons (Fsp3) is 0.0833. The quantitative estimate of drug-likeness (QED) is 0.867. The van der Waals surface area contributed by atoms with Crippen LogP contribution in [0.15, 0.2) is 34.5 Å². The summed E-state index contributed by atoms with van der Waals surface area (Å²) in [5.41, 5.74) is 0.174. The SMILES string of the molecule is COc1ccc(Cl)cc1NS(=O)(=O)c1csc(C(=O)O)c1. The van der Waals surface area contributed by atoms with E-state index in [1.165, 1.54) is 24.6 Å². The minimum atomic E-state index is -3.92. The molecule has 1 heterocycles. The van der Waals surface area contributed by atoms with Gasteiger partial charge in [-0.2, -0.15) is 0 Å². The summed E-state index contributed by atoms with van der Waals surface area (Å²) in [5.74, 6) is -0.876. The second kappa shape index (κ2) is 5.92. The topological polar surface area (TPSA) is 92.7 Å². The van der Waals surface area contributed by atoms with E-state index in [1.54, 1.807) is 6.07 Å². The van der Waals surface area contributed by atoms with Crippen LogP contribution in [0.1, 0.15) is 9.67 Å². The Morgan fingerprint density at radius 2 is 2.10 bits per heavy atom. The van der Waals surface area contributed by atoms with Crippen molar-refractivity contribution in [2.75, 3.05) is 11.8 Å². The fourth-order valence-corrected chi connectivity index (χ4v) is 3.88. The van der Waals surface area contributed by atoms with Crippen LogP contribution in [0.2, 0.25) is 5.02 Å². The lowest BCUT2D eigenvalue weighted by Gasteiger charge is -2.11. The molecule has 1 aromatic carbocycles. The van der Waals surface area contributed by atoms with E-state index < -0.39 is 16.0 Å². The number of benzene rings is 1. The summed E-state index contributed by atoms with van der Waals surface area (Å²) in [7, 11) is -2.52. The Labute approximate surface area is 130 Å². The van der Waals surface area contributed by atoms with Crippen LogP contribution >= 0.6 is 22.9 Å². The van der Waals surface area contributed by atoms with E-state index in [0.29, 0.717) is 10.8 Å². The summed E-state index contributed by atoms with van der Waals surface area (Å²) in [4.78, 5) is 10.6. The largest absolute Gasteiger partial charge is 0.495 e. The van der Waals surface area contributed by atoms with Gasteiger partial charge >= 0.3 is 5.97 Å². The molecule has 0 amide bonds. The van der Waals surface area contributed by atoms with Crippen molar-refractivity contribution in [2.24, 2.45) is 0 Å². The summed E-state index contributed by atoms with van der Waals surface area (Å²) in [5, 5.41) is 10.4. The minimum absolute atomic E-state index is 0.0616. The number of carboxylic acid groups (broad SMARTS) is 1. The van der Waals surface area contributed by atoms with E-state index in [0.717, 1.165) is 17.4 Å². The number of methoxy groups -OCH3 is 1. The molecule has 0 saturated heterocycles. The molecule has 0 saturated carbocycles. The number of rotatable bonds is 5. The van der Waals surface area contributed by atoms with Crippen molar-refractivity contribution in [2.45, 2.75) is 4.90 Å². The predicted molar refractivity (Wildman–Crippen MR) is 80.1 cm³/mol. The van der Waals surface area contributed by atoms with Crippen LogP contribution in [-0.4, -0.2) is 26.6 Å². The molecule has 112 valence electrons. The smallest absolute Gasteiger partial charge is 0.345 e. The van der Waals surface area contributed by atoms with Gasteiger partial charge in [-0.3, -0.25) is 4.72 Å². The highest BCUT2D eigenvalue weighted by Gasteiger charge is 2.20. The zero-order valence-corrected chi connectivity index (χ0v) is 13.1. The summed E-state index contributed by atoms with van der Waals surface area (Å²) in [6, 6.07) is 5.58. The second-order valence-electron chi connectivity index (χ2n) is 3.90. The van der Waals surface area contributed by atoms with Crippen molar-refractivity contribution < 1.29 is 23.1 Å². The van der Waals surface area contributed by atoms with Gasteiger partial charge in [-0.25, -0.2) is 13.2 Å². The zero-order valence-electron chi connectivity index (χ0n) is 10.7. The monoisotopic (exact) mass is 347 g/mol. The average molecular weight is 348 g/mol. The highest BCUT2D eigenvalue weighted by molar-refractivity contribution is 7.92. The predicted octanol–water partition coefficient (Wildman–Crippen LogP) is 2.91. The Balaban J connectivity index is 2.37. The van der Waals surface area contributed by atoms with Gasteiger partial charge in [0.15, 0.2) is 0 Å². The van der Waals surface area contributed by atoms with Gasteiger partial charge in [0.25, 0.3) is 10.0 Å². The lowest BCUT2D eigenvalue weighted by molar-refractivity contribution is 0.0702. The molecule has 9 heteroatoms. The van der Waals surface area contributed by atoms with Gasteiger partial charge in [0.05, 0.1) is 17.7 Å². The van der Waals surface area contributed by atoms with Gasteiger partial charge in [-0.1, -0.05) is 11.6 Å². The Morgan fingerprint density at radius 1 is 1.38 bits per heavy atom. The van der Waals surface area contributed by atoms with Gasteiger partial charge in [0.2, 0.25) is 0 Å². The Morgan fingerprint density at radius 3 is 2.67 bits per heavy atom. The van der Waals surface area contributed by atoms with E-state index in [9.17, 15) is 13.2 Å². The molecule has 0 aliphatic rings. The van der Waals surface area contributed by atoms with Crippen LogP contribution < -0.4 is 9.46 Å². The summed E-state index contributed by atoms with van der Waals surface area (Å²) in [6.07, 6.45) is 0. The molecular formula is C12H10ClNO5S2. The van der Waals surface area contributed by atoms with Crippen molar-refractivity contribution in [3.8, 4) is 5.75 Å². The Hall–Kier alpha value is -1.77. The Kier molecular flexibility index (Phi) is 4.40. The molecule has 0 bridgehead atoms. The van der Waals surface area contributed by atoms with Crippen LogP contribution in [-0.2, 0) is 10.0 Å². The minimum Gasteiger partial charge on any atom is -0.495 e. The van der Waals surface area contributed by atoms with Crippen molar-refractivity contribution in [1.82, 2.24) is 0 Å². The van der Waals surface area contributed by atoms with Crippen LogP contribution in [0.4, 0.5) is 5.69 Å². The van der Waals surface area contributed by atoms with Gasteiger partial charge in [0, 0.05) is 10.4 Å². The number of ether oxygens (including phenoxy) is 1. The molecule has 2 rings (SSSR count). The van der Waals surface area contributed by atoms with Gasteiger partial charge in [-0.15, -0.1) is 11.3 Å². The van der Waals surface area contributed by atoms with Gasteiger partial charge in [-0.05, 0) is 24.3 Å². The number of aromatic carboxylic acids is 1. The molecule has 0 unspecified atom stereocenters. The second-order valence-corrected chi connectivity index (χ2v) is 6.93. The van der Waals surface area contributed by atoms with E-state index in [2.05, 4.69) is 4.72 Å². The van der Waals surface area contributed by atoms with Crippen molar-refractivity contribution in [3.05, 3.63) is 39.5 Å². The normalized spacial score (nSPS) is 11.1. The summed E-state index contributed by atoms with van der Waals surface area (Å²) in [6.45, 7) is 0. The molecule has 2 N–H and O–H groups in total. The summed E-state index contributed by atoms with van der Waals surface area (Å²) >= 11 is 6.66. The number of hydrogen-bond acceptors (Lipinski definition) is 5. The van der Waals surface area contributed by atoms with Gasteiger partial charge in [0.1, 0.15) is 10.6 Å². The lowest BCUT2D eigenvalue weighted by Crippen LogP contribution is -2.13. The third-order valence-corrected chi connectivity index (χ3v) is 5.15. The van der Waals surface area contributed by atoms with Crippen LogP contribution in [0, 0.1) is 0 Å². The number of nitrogens with one attached hydrogen (secondary N) is 1. The van der Waals surface area contributed by atoms with Crippen molar-refractivity contribution in [3.63, 3.8) is 0 Å². The molecule has 21 heavy (non-hydrogen) atoms. The number of carboxylic acids is 1. The van der Waals surface area contributed by atoms with E-state index >= 15 is 0 Å². The average Bonchev–Trinajstić information content (AvgIpc) is 2.89. The Bertz CT molecular complexity index is 785. The van der Waals surface area contributed by atoms with Gasteiger partial charge < -0.3 is 9.84 Å². The first-order valence-corrected chi connectivity index (χ1v) is 8.26. The summed E-state index contributed by atoms with van der Waals surface area (Å²) < 4.78 is 31.8. The van der Waals surface area contributed by atoms with Crippen LogP contribution in [0.25, 0.3) is 0 Å². The molecule has 2 aromatic rings. The molecule has 0 spiro atoms. The van der Waals surface area contributed by atoms with Crippen LogP contribution in [0.5, 0.6) is 5.75 Å². The van der Waals surface area contributed by atoms with Crippen molar-refractivity contribution >= 4 is 44.6 Å². The molecule has 0 atom stereocenters. The van der Waals surface area contributed by atoms with E-state index in [1.807, 2.05) is 0 Å². The number of sulfonamides is 1. The van der Waals surface area contributed by atoms with Crippen LogP contribution in [0.3, 0.4) is 0 Å². The number of anilines is 1. The van der Waals surface area contributed by atoms with E-state index in [-0.39, 0.29) is 15.5 Å². The molecule has 0 aliphatic carbocycles. The maximum absolute atomic E-state index is 12.2. The zero-order chi connectivity index (χ0) is 15.6. The highest BCUT2D eigenvalue weighted by Crippen LogP contribution is 2.30. The number of hydrogen-bond donors (Lipinski definition) is 2. The maximum atomic E-state index is 12.2. The van der Waals surface area contributed by atoms with E-state index in [4.69, 9.17) is 21.4 Å². The number of carbonyl (C=O) groups is 1. The molecule has 0 fully saturated rings. The first kappa shape index (κ1) is 15.6. The van der Waals surface area contributed by atoms with Crippen molar-refractivity contribution in [1.29, 1.82) is 0 Å². The molecule has 0 radical (unpaired) electrons. The first-order chi connectivity index (χ1) is 9.83. The fourth-order valence-electron chi connectivity index (χ4n) is 1.54. The first-order valence-electron chi connectivity index (χ1n) is 5.51. The standard InChI is InChI=1S/C12H10ClNO5S2/c1-19-10-3-2-7(13)4-9(10)14-21(17,18)8-5-11(12(15)16)20-6-8/h2-6,14H,1H3,(H,15,16). The highest BCUT2D eigenvalue weighted by atomic mass is 35.5. The lowest BCUT2D eigenvalue weighted by atomic mass is 10.3. The molecular weight excluding hydrogens is 338 g/mol. The maximum Gasteiger partial charge on any atom is 0.345 e. The number of thiophene rings is 1. The molecule has 0 aliphatic heterocycles. The third-order valence-electron chi connectivity index (χ3n) is 2.50. The number of halogens is 1. The molecule has 1 aromatic heterocycles. The molecule has 6 nitrogen and oxygen atoms in total.